The summed E-state index contributed by atoms with van der Waals surface area (Å²) in [5.74, 6) is 0.748. The summed E-state index contributed by atoms with van der Waals surface area (Å²) in [6, 6.07) is 20.6. The molecule has 3 N–H and O–H groups in total. The Labute approximate surface area is 233 Å². The minimum atomic E-state index is -0.377. The number of anilines is 2. The van der Waals surface area contributed by atoms with E-state index in [1.165, 1.54) is 6.20 Å². The third-order valence-electron chi connectivity index (χ3n) is 6.86. The van der Waals surface area contributed by atoms with Crippen molar-refractivity contribution in [1.29, 1.82) is 0 Å². The number of para-hydroxylation sites is 1. The van der Waals surface area contributed by atoms with E-state index in [2.05, 4.69) is 32.5 Å². The van der Waals surface area contributed by atoms with Crippen molar-refractivity contribution in [2.24, 2.45) is 0 Å². The minimum Gasteiger partial charge on any atom is -0.456 e. The van der Waals surface area contributed by atoms with Gasteiger partial charge < -0.3 is 20.7 Å². The second-order valence-corrected chi connectivity index (χ2v) is 9.65. The molecule has 0 radical (unpaired) electrons. The number of carbonyl (C=O) groups is 2. The molecule has 0 saturated heterocycles. The predicted molar refractivity (Wildman–Crippen MR) is 157 cm³/mol. The molecule has 2 aromatic carbocycles. The average Bonchev–Trinajstić information content (AvgIpc) is 3.50. The fraction of sp³-hybridized carbons (Fsp3) is 0.188. The number of nitrogens with one attached hydrogen (secondary N) is 3. The lowest BCUT2D eigenvalue weighted by Gasteiger charge is -2.15. The Balaban J connectivity index is 1.29. The van der Waals surface area contributed by atoms with Crippen LogP contribution in [0, 0.1) is 0 Å². The molecule has 2 aromatic heterocycles. The summed E-state index contributed by atoms with van der Waals surface area (Å²) in [5, 5.41) is 8.98. The molecule has 1 aliphatic rings. The lowest BCUT2D eigenvalue weighted by molar-refractivity contribution is -0.111. The van der Waals surface area contributed by atoms with E-state index in [9.17, 15) is 9.59 Å². The molecule has 0 unspecified atom stereocenters. The van der Waals surface area contributed by atoms with Crippen molar-refractivity contribution in [3.05, 3.63) is 103 Å². The molecule has 8 heteroatoms. The van der Waals surface area contributed by atoms with Gasteiger partial charge in [-0.3, -0.25) is 14.6 Å². The zero-order valence-electron chi connectivity index (χ0n) is 22.3. The molecule has 40 heavy (non-hydrogen) atoms. The van der Waals surface area contributed by atoms with Gasteiger partial charge in [0.2, 0.25) is 0 Å². The molecule has 2 heterocycles. The number of aromatic nitrogens is 2. The third kappa shape index (κ3) is 6.35. The van der Waals surface area contributed by atoms with Crippen LogP contribution >= 0.6 is 0 Å². The molecule has 202 valence electrons. The highest BCUT2D eigenvalue weighted by molar-refractivity contribution is 6.26. The number of hydrogen-bond acceptors (Lipinski definition) is 6. The van der Waals surface area contributed by atoms with Crippen molar-refractivity contribution in [2.75, 3.05) is 17.7 Å². The lowest BCUT2D eigenvalue weighted by Crippen LogP contribution is -2.33. The summed E-state index contributed by atoms with van der Waals surface area (Å²) in [7, 11) is 1.79. The van der Waals surface area contributed by atoms with Crippen molar-refractivity contribution >= 4 is 28.8 Å². The Kier molecular flexibility index (Phi) is 8.15. The van der Waals surface area contributed by atoms with Crippen molar-refractivity contribution in [3.63, 3.8) is 0 Å². The van der Waals surface area contributed by atoms with Gasteiger partial charge >= 0.3 is 0 Å². The SMILES string of the molecule is C=C(C(=O)Nc1ccc(C(=O)NC2CCCC2)nc1)c1cc(-c2cncc(Oc3ccccc3)c2)ccc1NC. The van der Waals surface area contributed by atoms with Crippen molar-refractivity contribution in [1.82, 2.24) is 15.3 Å². The first-order valence-electron chi connectivity index (χ1n) is 13.3. The monoisotopic (exact) mass is 533 g/mol. The maximum Gasteiger partial charge on any atom is 0.270 e. The zero-order valence-corrected chi connectivity index (χ0v) is 22.3. The number of ether oxygens (including phenoxy) is 1. The maximum atomic E-state index is 13.2. The van der Waals surface area contributed by atoms with Crippen LogP contribution in [0.25, 0.3) is 16.7 Å². The molecule has 0 bridgehead atoms. The molecule has 1 fully saturated rings. The third-order valence-corrected chi connectivity index (χ3v) is 6.86. The summed E-state index contributed by atoms with van der Waals surface area (Å²) in [6.07, 6.45) is 9.16. The highest BCUT2D eigenvalue weighted by atomic mass is 16.5. The molecule has 0 spiro atoms. The molecule has 1 saturated carbocycles. The van der Waals surface area contributed by atoms with E-state index in [-0.39, 0.29) is 23.4 Å². The second kappa shape index (κ2) is 12.3. The normalized spacial score (nSPS) is 12.9. The number of nitrogens with zero attached hydrogens (tertiary/aromatic N) is 2. The van der Waals surface area contributed by atoms with Crippen molar-refractivity contribution in [2.45, 2.75) is 31.7 Å². The quantitative estimate of drug-likeness (QED) is 0.218. The first-order valence-corrected chi connectivity index (χ1v) is 13.3. The number of rotatable bonds is 9. The van der Waals surface area contributed by atoms with Gasteiger partial charge in [-0.15, -0.1) is 0 Å². The Hall–Kier alpha value is -4.98. The van der Waals surface area contributed by atoms with Crippen LogP contribution < -0.4 is 20.7 Å². The van der Waals surface area contributed by atoms with Gasteiger partial charge in [0, 0.05) is 41.7 Å². The van der Waals surface area contributed by atoms with Gasteiger partial charge in [0.15, 0.2) is 0 Å². The number of pyridine rings is 2. The molecule has 4 aromatic rings. The highest BCUT2D eigenvalue weighted by Gasteiger charge is 2.19. The van der Waals surface area contributed by atoms with E-state index in [4.69, 9.17) is 4.74 Å². The van der Waals surface area contributed by atoms with E-state index in [0.29, 0.717) is 22.7 Å². The fourth-order valence-corrected chi connectivity index (χ4v) is 4.71. The molecular weight excluding hydrogens is 502 g/mol. The maximum absolute atomic E-state index is 13.2. The Morgan fingerprint density at radius 1 is 0.900 bits per heavy atom. The topological polar surface area (TPSA) is 105 Å². The first kappa shape index (κ1) is 26.6. The Morgan fingerprint density at radius 3 is 2.42 bits per heavy atom. The van der Waals surface area contributed by atoms with Crippen molar-refractivity contribution < 1.29 is 14.3 Å². The molecule has 8 nitrogen and oxygen atoms in total. The van der Waals surface area contributed by atoms with Gasteiger partial charge in [0.1, 0.15) is 17.2 Å². The smallest absolute Gasteiger partial charge is 0.270 e. The van der Waals surface area contributed by atoms with Crippen LogP contribution in [0.5, 0.6) is 11.5 Å². The standard InChI is InChI=1S/C32H31N5O3/c1-21(31(38)37-25-13-15-30(35-19-25)32(39)36-24-8-6-7-9-24)28-17-22(12-14-29(28)33-2)23-16-27(20-34-18-23)40-26-10-4-3-5-11-26/h3-5,10-20,24,33H,1,6-9H2,2H3,(H,36,39)(H,37,38). The van der Waals surface area contributed by atoms with Crippen LogP contribution in [0.3, 0.4) is 0 Å². The predicted octanol–water partition coefficient (Wildman–Crippen LogP) is 6.30. The fourth-order valence-electron chi connectivity index (χ4n) is 4.71. The summed E-state index contributed by atoms with van der Waals surface area (Å²) in [4.78, 5) is 34.2. The lowest BCUT2D eigenvalue weighted by atomic mass is 9.98. The van der Waals surface area contributed by atoms with Gasteiger partial charge in [0.05, 0.1) is 18.1 Å². The van der Waals surface area contributed by atoms with Crippen LogP contribution in [0.2, 0.25) is 0 Å². The number of benzene rings is 2. The highest BCUT2D eigenvalue weighted by Crippen LogP contribution is 2.32. The molecule has 0 aliphatic heterocycles. The minimum absolute atomic E-state index is 0.197. The number of hydrogen-bond donors (Lipinski definition) is 3. The van der Waals surface area contributed by atoms with E-state index in [1.54, 1.807) is 31.6 Å². The number of carbonyl (C=O) groups excluding carboxylic acids is 2. The van der Waals surface area contributed by atoms with Crippen LogP contribution in [0.15, 0.2) is 91.9 Å². The van der Waals surface area contributed by atoms with Gasteiger partial charge in [-0.2, -0.15) is 0 Å². The molecule has 0 atom stereocenters. The van der Waals surface area contributed by atoms with Crippen LogP contribution in [-0.2, 0) is 4.79 Å². The van der Waals surface area contributed by atoms with Crippen molar-refractivity contribution in [3.8, 4) is 22.6 Å². The van der Waals surface area contributed by atoms with Gasteiger partial charge in [-0.1, -0.05) is 43.7 Å². The largest absolute Gasteiger partial charge is 0.456 e. The molecule has 5 rings (SSSR count). The number of amides is 2. The van der Waals surface area contributed by atoms with E-state index < -0.39 is 0 Å². The zero-order chi connectivity index (χ0) is 27.9. The molecule has 2 amide bonds. The van der Waals surface area contributed by atoms with Crippen LogP contribution in [0.4, 0.5) is 11.4 Å². The van der Waals surface area contributed by atoms with Gasteiger partial charge in [-0.05, 0) is 60.9 Å². The van der Waals surface area contributed by atoms with Gasteiger partial charge in [-0.25, -0.2) is 4.98 Å². The average molecular weight is 534 g/mol. The molecule has 1 aliphatic carbocycles. The van der Waals surface area contributed by atoms with E-state index >= 15 is 0 Å². The summed E-state index contributed by atoms with van der Waals surface area (Å²) >= 11 is 0. The second-order valence-electron chi connectivity index (χ2n) is 9.65. The summed E-state index contributed by atoms with van der Waals surface area (Å²) < 4.78 is 5.94. The van der Waals surface area contributed by atoms with Gasteiger partial charge in [0.25, 0.3) is 11.8 Å². The molecular formula is C32H31N5O3. The Bertz CT molecular complexity index is 1510. The first-order chi connectivity index (χ1) is 19.5. The van der Waals surface area contributed by atoms with E-state index in [1.807, 2.05) is 54.6 Å². The summed E-state index contributed by atoms with van der Waals surface area (Å²) in [6.45, 7) is 4.06. The van der Waals surface area contributed by atoms with Crippen LogP contribution in [-0.4, -0.2) is 34.9 Å². The van der Waals surface area contributed by atoms with Crippen LogP contribution in [0.1, 0.15) is 41.7 Å². The van der Waals surface area contributed by atoms with E-state index in [0.717, 1.165) is 48.2 Å². The Morgan fingerprint density at radius 2 is 1.70 bits per heavy atom. The summed E-state index contributed by atoms with van der Waals surface area (Å²) in [5.41, 5.74) is 4.16.